The molecule has 0 spiro atoms. The minimum atomic E-state index is -0.367. The number of benzene rings is 2. The highest BCUT2D eigenvalue weighted by atomic mass is 32.2. The molecule has 2 aromatic carbocycles. The summed E-state index contributed by atoms with van der Waals surface area (Å²) < 4.78 is 13.9. The predicted octanol–water partition coefficient (Wildman–Crippen LogP) is 4.42. The van der Waals surface area contributed by atoms with Gasteiger partial charge in [0.2, 0.25) is 0 Å². The Kier molecular flexibility index (Phi) is 4.17. The van der Waals surface area contributed by atoms with E-state index in [0.717, 1.165) is 18.2 Å². The van der Waals surface area contributed by atoms with Crippen LogP contribution in [0, 0.1) is 5.82 Å². The second-order valence-corrected chi connectivity index (χ2v) is 6.46. The van der Waals surface area contributed by atoms with Gasteiger partial charge in [-0.15, -0.1) is 11.8 Å². The number of rotatable bonds is 3. The number of phenolic OH excluding ortho intramolecular Hbond substituents is 1. The molecule has 2 N–H and O–H groups in total. The van der Waals surface area contributed by atoms with Gasteiger partial charge < -0.3 is 10.4 Å². The van der Waals surface area contributed by atoms with Crippen molar-refractivity contribution in [3.05, 3.63) is 59.4 Å². The van der Waals surface area contributed by atoms with E-state index in [2.05, 4.69) is 23.5 Å². The SMILES string of the molecule is CC(NC1CCSc2ccccc21)c1ccc(O)cc1F. The molecule has 0 aromatic heterocycles. The lowest BCUT2D eigenvalue weighted by Gasteiger charge is -2.29. The van der Waals surface area contributed by atoms with Crippen LogP contribution in [0.25, 0.3) is 0 Å². The van der Waals surface area contributed by atoms with Crippen LogP contribution in [0.3, 0.4) is 0 Å². The van der Waals surface area contributed by atoms with Gasteiger partial charge in [-0.25, -0.2) is 4.39 Å². The zero-order valence-corrected chi connectivity index (χ0v) is 12.7. The van der Waals surface area contributed by atoms with Gasteiger partial charge in [-0.05, 0) is 36.8 Å². The zero-order valence-electron chi connectivity index (χ0n) is 11.8. The van der Waals surface area contributed by atoms with Gasteiger partial charge in [-0.1, -0.05) is 24.3 Å². The summed E-state index contributed by atoms with van der Waals surface area (Å²) >= 11 is 1.87. The topological polar surface area (TPSA) is 32.3 Å². The van der Waals surface area contributed by atoms with Crippen molar-refractivity contribution in [1.82, 2.24) is 5.32 Å². The summed E-state index contributed by atoms with van der Waals surface area (Å²) in [5.41, 5.74) is 1.88. The molecule has 0 amide bonds. The normalized spacial score (nSPS) is 19.0. The van der Waals surface area contributed by atoms with Gasteiger partial charge in [-0.3, -0.25) is 0 Å². The Morgan fingerprint density at radius 2 is 2.10 bits per heavy atom. The first-order valence-corrected chi connectivity index (χ1v) is 8.10. The van der Waals surface area contributed by atoms with E-state index in [-0.39, 0.29) is 23.7 Å². The van der Waals surface area contributed by atoms with Crippen molar-refractivity contribution in [2.45, 2.75) is 30.3 Å². The van der Waals surface area contributed by atoms with Crippen LogP contribution in [0.2, 0.25) is 0 Å². The van der Waals surface area contributed by atoms with Crippen LogP contribution in [-0.2, 0) is 0 Å². The summed E-state index contributed by atoms with van der Waals surface area (Å²) in [4.78, 5) is 1.31. The average molecular weight is 303 g/mol. The third-order valence-corrected chi connectivity index (χ3v) is 4.98. The number of aromatic hydroxyl groups is 1. The number of halogens is 1. The number of phenols is 1. The van der Waals surface area contributed by atoms with Crippen LogP contribution in [0.1, 0.15) is 36.6 Å². The fraction of sp³-hybridized carbons (Fsp3) is 0.294. The first kappa shape index (κ1) is 14.4. The van der Waals surface area contributed by atoms with Crippen LogP contribution in [0.4, 0.5) is 4.39 Å². The van der Waals surface area contributed by atoms with Crippen molar-refractivity contribution in [3.8, 4) is 5.75 Å². The Hall–Kier alpha value is -1.52. The van der Waals surface area contributed by atoms with Crippen molar-refractivity contribution in [2.75, 3.05) is 5.75 Å². The lowest BCUT2D eigenvalue weighted by molar-refractivity contribution is 0.432. The van der Waals surface area contributed by atoms with E-state index >= 15 is 0 Å². The average Bonchev–Trinajstić information content (AvgIpc) is 2.47. The molecule has 0 bridgehead atoms. The molecule has 2 unspecified atom stereocenters. The Morgan fingerprint density at radius 3 is 2.90 bits per heavy atom. The Labute approximate surface area is 128 Å². The van der Waals surface area contributed by atoms with E-state index in [4.69, 9.17) is 0 Å². The van der Waals surface area contributed by atoms with E-state index < -0.39 is 0 Å². The highest BCUT2D eigenvalue weighted by molar-refractivity contribution is 7.99. The number of nitrogens with one attached hydrogen (secondary N) is 1. The molecule has 0 saturated heterocycles. The molecular weight excluding hydrogens is 285 g/mol. The third-order valence-electron chi connectivity index (χ3n) is 3.86. The van der Waals surface area contributed by atoms with Gasteiger partial charge in [-0.2, -0.15) is 0 Å². The highest BCUT2D eigenvalue weighted by Gasteiger charge is 2.23. The number of fused-ring (bicyclic) bond motifs is 1. The van der Waals surface area contributed by atoms with Gasteiger partial charge in [0, 0.05) is 28.6 Å². The Balaban J connectivity index is 1.81. The molecule has 0 saturated carbocycles. The summed E-state index contributed by atoms with van der Waals surface area (Å²) in [6, 6.07) is 12.9. The smallest absolute Gasteiger partial charge is 0.131 e. The Bertz CT molecular complexity index is 646. The molecule has 0 radical (unpaired) electrons. The summed E-state index contributed by atoms with van der Waals surface area (Å²) in [7, 11) is 0. The summed E-state index contributed by atoms with van der Waals surface area (Å²) in [5.74, 6) is 0.663. The lowest BCUT2D eigenvalue weighted by Crippen LogP contribution is -2.27. The molecular formula is C17H18FNOS. The second-order valence-electron chi connectivity index (χ2n) is 5.32. The van der Waals surface area contributed by atoms with Crippen molar-refractivity contribution in [2.24, 2.45) is 0 Å². The van der Waals surface area contributed by atoms with E-state index in [1.165, 1.54) is 16.5 Å². The van der Waals surface area contributed by atoms with Gasteiger partial charge in [0.1, 0.15) is 11.6 Å². The van der Waals surface area contributed by atoms with E-state index in [0.29, 0.717) is 5.56 Å². The largest absolute Gasteiger partial charge is 0.508 e. The maximum atomic E-state index is 13.9. The molecule has 110 valence electrons. The zero-order chi connectivity index (χ0) is 14.8. The molecule has 1 aliphatic rings. The van der Waals surface area contributed by atoms with E-state index in [9.17, 15) is 9.50 Å². The molecule has 3 rings (SSSR count). The van der Waals surface area contributed by atoms with E-state index in [1.807, 2.05) is 24.8 Å². The quantitative estimate of drug-likeness (QED) is 0.880. The lowest BCUT2D eigenvalue weighted by atomic mass is 10.0. The highest BCUT2D eigenvalue weighted by Crippen LogP contribution is 2.37. The minimum Gasteiger partial charge on any atom is -0.508 e. The first-order chi connectivity index (χ1) is 10.1. The first-order valence-electron chi connectivity index (χ1n) is 7.11. The van der Waals surface area contributed by atoms with Crippen LogP contribution >= 0.6 is 11.8 Å². The van der Waals surface area contributed by atoms with Gasteiger partial charge >= 0.3 is 0 Å². The second kappa shape index (κ2) is 6.08. The summed E-state index contributed by atoms with van der Waals surface area (Å²) in [6.07, 6.45) is 1.03. The standard InChI is InChI=1S/C17H18FNOS/c1-11(13-7-6-12(20)10-15(13)18)19-16-8-9-21-17-5-3-2-4-14(16)17/h2-7,10-11,16,19-20H,8-9H2,1H3. The molecule has 2 aromatic rings. The van der Waals surface area contributed by atoms with Gasteiger partial charge in [0.25, 0.3) is 0 Å². The predicted molar refractivity (Wildman–Crippen MR) is 84.1 cm³/mol. The minimum absolute atomic E-state index is 0.0390. The number of hydrogen-bond acceptors (Lipinski definition) is 3. The van der Waals surface area contributed by atoms with Crippen molar-refractivity contribution in [3.63, 3.8) is 0 Å². The fourth-order valence-electron chi connectivity index (χ4n) is 2.77. The molecule has 2 nitrogen and oxygen atoms in total. The molecule has 1 aliphatic heterocycles. The molecule has 0 aliphatic carbocycles. The van der Waals surface area contributed by atoms with Crippen LogP contribution in [0.5, 0.6) is 5.75 Å². The summed E-state index contributed by atoms with van der Waals surface area (Å²) in [6.45, 7) is 1.96. The molecule has 4 heteroatoms. The van der Waals surface area contributed by atoms with Crippen LogP contribution in [-0.4, -0.2) is 10.9 Å². The monoisotopic (exact) mass is 303 g/mol. The maximum absolute atomic E-state index is 13.9. The molecule has 1 heterocycles. The fourth-order valence-corrected chi connectivity index (χ4v) is 3.90. The molecule has 21 heavy (non-hydrogen) atoms. The van der Waals surface area contributed by atoms with E-state index in [1.54, 1.807) is 6.07 Å². The molecule has 0 fully saturated rings. The van der Waals surface area contributed by atoms with Gasteiger partial charge in [0.05, 0.1) is 0 Å². The van der Waals surface area contributed by atoms with Crippen molar-refractivity contribution >= 4 is 11.8 Å². The Morgan fingerprint density at radius 1 is 1.29 bits per heavy atom. The number of hydrogen-bond donors (Lipinski definition) is 2. The van der Waals surface area contributed by atoms with Gasteiger partial charge in [0.15, 0.2) is 0 Å². The summed E-state index contributed by atoms with van der Waals surface area (Å²) in [5, 5.41) is 12.8. The van der Waals surface area contributed by atoms with Crippen molar-refractivity contribution in [1.29, 1.82) is 0 Å². The maximum Gasteiger partial charge on any atom is 0.131 e. The number of thioether (sulfide) groups is 1. The molecule has 2 atom stereocenters. The van der Waals surface area contributed by atoms with Crippen molar-refractivity contribution < 1.29 is 9.50 Å². The van der Waals surface area contributed by atoms with Crippen LogP contribution in [0.15, 0.2) is 47.4 Å². The third kappa shape index (κ3) is 3.06. The van der Waals surface area contributed by atoms with Crippen LogP contribution < -0.4 is 5.32 Å².